The third-order valence-corrected chi connectivity index (χ3v) is 4.52. The lowest BCUT2D eigenvalue weighted by Gasteiger charge is -2.29. The number of ether oxygens (including phenoxy) is 2. The standard InChI is InChI=1S/C19H20FNO4/c1-19(24-2,13-7-3-4-8-14(13)20)18(23)21-15-9-5-6-12-16(22)10-11-25-17(12)15/h3-9,16,22H,10-11H2,1-2H3,(H,21,23)/t16-,19+/m0/s1. The number of hydrogen-bond acceptors (Lipinski definition) is 4. The van der Waals surface area contributed by atoms with Crippen LogP contribution >= 0.6 is 0 Å². The highest BCUT2D eigenvalue weighted by molar-refractivity contribution is 5.99. The van der Waals surface area contributed by atoms with E-state index < -0.39 is 23.4 Å². The van der Waals surface area contributed by atoms with E-state index in [0.717, 1.165) is 0 Å². The molecule has 1 amide bonds. The Morgan fingerprint density at radius 1 is 1.32 bits per heavy atom. The van der Waals surface area contributed by atoms with Crippen molar-refractivity contribution in [3.8, 4) is 5.75 Å². The summed E-state index contributed by atoms with van der Waals surface area (Å²) in [6.07, 6.45) is -0.143. The van der Waals surface area contributed by atoms with Crippen molar-refractivity contribution in [1.29, 1.82) is 0 Å². The fraction of sp³-hybridized carbons (Fsp3) is 0.316. The van der Waals surface area contributed by atoms with Gasteiger partial charge in [-0.2, -0.15) is 0 Å². The number of aliphatic hydroxyl groups excluding tert-OH is 1. The van der Waals surface area contributed by atoms with E-state index in [1.165, 1.54) is 26.2 Å². The molecular formula is C19H20FNO4. The smallest absolute Gasteiger partial charge is 0.261 e. The Hall–Kier alpha value is -2.44. The van der Waals surface area contributed by atoms with Crippen LogP contribution in [0.2, 0.25) is 0 Å². The van der Waals surface area contributed by atoms with E-state index in [4.69, 9.17) is 9.47 Å². The highest BCUT2D eigenvalue weighted by Gasteiger charge is 2.38. The Bertz CT molecular complexity index is 795. The predicted molar refractivity (Wildman–Crippen MR) is 90.9 cm³/mol. The van der Waals surface area contributed by atoms with Crippen LogP contribution in [0.25, 0.3) is 0 Å². The molecule has 25 heavy (non-hydrogen) atoms. The van der Waals surface area contributed by atoms with Gasteiger partial charge in [-0.3, -0.25) is 4.79 Å². The number of halogens is 1. The fourth-order valence-corrected chi connectivity index (χ4v) is 2.92. The molecule has 2 N–H and O–H groups in total. The number of aliphatic hydroxyl groups is 1. The number of methoxy groups -OCH3 is 1. The van der Waals surface area contributed by atoms with Crippen LogP contribution in [0.4, 0.5) is 10.1 Å². The summed E-state index contributed by atoms with van der Waals surface area (Å²) in [6, 6.07) is 11.1. The third kappa shape index (κ3) is 3.10. The Kier molecular flexibility index (Phi) is 4.74. The monoisotopic (exact) mass is 345 g/mol. The van der Waals surface area contributed by atoms with Crippen LogP contribution in [0.3, 0.4) is 0 Å². The van der Waals surface area contributed by atoms with E-state index in [9.17, 15) is 14.3 Å². The molecule has 0 fully saturated rings. The van der Waals surface area contributed by atoms with E-state index in [1.54, 1.807) is 30.3 Å². The molecule has 1 aliphatic rings. The minimum Gasteiger partial charge on any atom is -0.491 e. The molecule has 5 nitrogen and oxygen atoms in total. The maximum absolute atomic E-state index is 14.2. The quantitative estimate of drug-likeness (QED) is 0.893. The SMILES string of the molecule is CO[C@@](C)(C(=O)Nc1cccc2c1OCC[C@@H]2O)c1ccccc1F. The van der Waals surface area contributed by atoms with Gasteiger partial charge >= 0.3 is 0 Å². The highest BCUT2D eigenvalue weighted by atomic mass is 19.1. The van der Waals surface area contributed by atoms with E-state index in [2.05, 4.69) is 5.32 Å². The second kappa shape index (κ2) is 6.82. The molecule has 0 unspecified atom stereocenters. The molecule has 2 atom stereocenters. The molecule has 0 saturated carbocycles. The molecule has 0 aromatic heterocycles. The zero-order valence-corrected chi connectivity index (χ0v) is 14.1. The Morgan fingerprint density at radius 3 is 2.80 bits per heavy atom. The van der Waals surface area contributed by atoms with Crippen molar-refractivity contribution >= 4 is 11.6 Å². The van der Waals surface area contributed by atoms with Crippen molar-refractivity contribution in [2.45, 2.75) is 25.0 Å². The molecule has 6 heteroatoms. The van der Waals surface area contributed by atoms with Gasteiger partial charge in [0.05, 0.1) is 18.4 Å². The lowest BCUT2D eigenvalue weighted by Crippen LogP contribution is -2.40. The summed E-state index contributed by atoms with van der Waals surface area (Å²) in [7, 11) is 1.35. The van der Waals surface area contributed by atoms with Crippen molar-refractivity contribution in [1.82, 2.24) is 0 Å². The van der Waals surface area contributed by atoms with Gasteiger partial charge in [-0.1, -0.05) is 30.3 Å². The number of nitrogens with one attached hydrogen (secondary N) is 1. The van der Waals surface area contributed by atoms with Crippen LogP contribution in [0.1, 0.15) is 30.6 Å². The average molecular weight is 345 g/mol. The van der Waals surface area contributed by atoms with Gasteiger partial charge in [0.15, 0.2) is 5.60 Å². The molecule has 132 valence electrons. The number of carbonyl (C=O) groups is 1. The van der Waals surface area contributed by atoms with Crippen molar-refractivity contribution < 1.29 is 23.8 Å². The molecular weight excluding hydrogens is 325 g/mol. The number of rotatable bonds is 4. The molecule has 2 aromatic rings. The Labute approximate surface area is 145 Å². The first-order valence-electron chi connectivity index (χ1n) is 8.02. The van der Waals surface area contributed by atoms with Gasteiger partial charge in [0.1, 0.15) is 11.6 Å². The number of carbonyl (C=O) groups excluding carboxylic acids is 1. The van der Waals surface area contributed by atoms with Crippen molar-refractivity contribution in [2.24, 2.45) is 0 Å². The maximum atomic E-state index is 14.2. The maximum Gasteiger partial charge on any atom is 0.261 e. The van der Waals surface area contributed by atoms with E-state index >= 15 is 0 Å². The molecule has 2 aromatic carbocycles. The van der Waals surface area contributed by atoms with Crippen molar-refractivity contribution in [2.75, 3.05) is 19.0 Å². The van der Waals surface area contributed by atoms with Gasteiger partial charge in [0, 0.05) is 24.7 Å². The van der Waals surface area contributed by atoms with Crippen LogP contribution < -0.4 is 10.1 Å². The normalized spacial score (nSPS) is 18.6. The lowest BCUT2D eigenvalue weighted by molar-refractivity contribution is -0.137. The molecule has 0 radical (unpaired) electrons. The number of amides is 1. The number of hydrogen-bond donors (Lipinski definition) is 2. The van der Waals surface area contributed by atoms with Gasteiger partial charge in [-0.05, 0) is 19.1 Å². The first-order valence-corrected chi connectivity index (χ1v) is 8.02. The number of benzene rings is 2. The van der Waals surface area contributed by atoms with Crippen molar-refractivity contribution in [3.05, 3.63) is 59.4 Å². The summed E-state index contributed by atoms with van der Waals surface area (Å²) in [6.45, 7) is 1.86. The van der Waals surface area contributed by atoms with Gasteiger partial charge in [0.2, 0.25) is 0 Å². The summed E-state index contributed by atoms with van der Waals surface area (Å²) in [5.74, 6) is -0.623. The zero-order valence-electron chi connectivity index (χ0n) is 14.1. The van der Waals surface area contributed by atoms with Gasteiger partial charge in [0.25, 0.3) is 5.91 Å². The van der Waals surface area contributed by atoms with Gasteiger partial charge in [-0.25, -0.2) is 4.39 Å². The minimum absolute atomic E-state index is 0.140. The molecule has 0 saturated heterocycles. The van der Waals surface area contributed by atoms with Crippen LogP contribution in [0, 0.1) is 5.82 Å². The summed E-state index contributed by atoms with van der Waals surface area (Å²) in [5, 5.41) is 12.8. The predicted octanol–water partition coefficient (Wildman–Crippen LogP) is 3.14. The first-order chi connectivity index (χ1) is 12.0. The second-order valence-corrected chi connectivity index (χ2v) is 6.05. The van der Waals surface area contributed by atoms with E-state index in [0.29, 0.717) is 30.0 Å². The largest absolute Gasteiger partial charge is 0.491 e. The van der Waals surface area contributed by atoms with E-state index in [1.807, 2.05) is 0 Å². The van der Waals surface area contributed by atoms with Crippen LogP contribution in [-0.4, -0.2) is 24.7 Å². The summed E-state index contributed by atoms with van der Waals surface area (Å²) < 4.78 is 25.2. The van der Waals surface area contributed by atoms with E-state index in [-0.39, 0.29) is 5.56 Å². The third-order valence-electron chi connectivity index (χ3n) is 4.52. The summed E-state index contributed by atoms with van der Waals surface area (Å²) >= 11 is 0. The van der Waals surface area contributed by atoms with Crippen molar-refractivity contribution in [3.63, 3.8) is 0 Å². The Balaban J connectivity index is 1.94. The van der Waals surface area contributed by atoms with Gasteiger partial charge in [-0.15, -0.1) is 0 Å². The molecule has 0 spiro atoms. The molecule has 0 bridgehead atoms. The minimum atomic E-state index is -1.51. The molecule has 1 aliphatic heterocycles. The Morgan fingerprint density at radius 2 is 2.08 bits per heavy atom. The zero-order chi connectivity index (χ0) is 18.0. The lowest BCUT2D eigenvalue weighted by atomic mass is 9.93. The first kappa shape index (κ1) is 17.4. The second-order valence-electron chi connectivity index (χ2n) is 6.05. The topological polar surface area (TPSA) is 67.8 Å². The molecule has 3 rings (SSSR count). The summed E-state index contributed by atoms with van der Waals surface area (Å²) in [5.41, 5.74) is -0.336. The molecule has 1 heterocycles. The number of anilines is 1. The summed E-state index contributed by atoms with van der Waals surface area (Å²) in [4.78, 5) is 12.9. The fourth-order valence-electron chi connectivity index (χ4n) is 2.92. The van der Waals surface area contributed by atoms with Crippen LogP contribution in [0.15, 0.2) is 42.5 Å². The van der Waals surface area contributed by atoms with Crippen LogP contribution in [-0.2, 0) is 15.1 Å². The van der Waals surface area contributed by atoms with Crippen LogP contribution in [0.5, 0.6) is 5.75 Å². The average Bonchev–Trinajstić information content (AvgIpc) is 2.62. The molecule has 0 aliphatic carbocycles. The van der Waals surface area contributed by atoms with Gasteiger partial charge < -0.3 is 19.9 Å². The highest BCUT2D eigenvalue weighted by Crippen LogP contribution is 2.39. The number of para-hydroxylation sites is 1. The number of fused-ring (bicyclic) bond motifs is 1.